The van der Waals surface area contributed by atoms with E-state index in [1.54, 1.807) is 56.3 Å². The second-order valence-electron chi connectivity index (χ2n) is 15.5. The third-order valence-electron chi connectivity index (χ3n) is 9.81. The summed E-state index contributed by atoms with van der Waals surface area (Å²) in [6, 6.07) is 6.10. The first-order chi connectivity index (χ1) is 23.4. The highest BCUT2D eigenvalue weighted by molar-refractivity contribution is 6.38. The third-order valence-corrected chi connectivity index (χ3v) is 9.81. The molecule has 0 radical (unpaired) electrons. The third kappa shape index (κ3) is 10.5. The lowest BCUT2D eigenvalue weighted by Gasteiger charge is -2.36. The molecular weight excluding hydrogens is 640 g/mol. The summed E-state index contributed by atoms with van der Waals surface area (Å²) in [6.07, 6.45) is -0.267. The van der Waals surface area contributed by atoms with Gasteiger partial charge in [0.15, 0.2) is 11.6 Å². The number of nitrogens with one attached hydrogen (secondary N) is 2. The molecular formula is C38H56N4O8. The van der Waals surface area contributed by atoms with Gasteiger partial charge in [0, 0.05) is 45.8 Å². The highest BCUT2D eigenvalue weighted by Crippen LogP contribution is 2.50. The molecule has 1 unspecified atom stereocenters. The van der Waals surface area contributed by atoms with Crippen LogP contribution in [0.1, 0.15) is 98.6 Å². The van der Waals surface area contributed by atoms with Crippen molar-refractivity contribution in [2.24, 2.45) is 29.1 Å². The number of ketones is 3. The van der Waals surface area contributed by atoms with Crippen LogP contribution < -0.4 is 10.6 Å². The Morgan fingerprint density at radius 3 is 2.16 bits per heavy atom. The number of carbonyl (C=O) groups is 7. The number of ether oxygens (including phenoxy) is 1. The lowest BCUT2D eigenvalue weighted by molar-refractivity contribution is -0.144. The summed E-state index contributed by atoms with van der Waals surface area (Å²) in [7, 11) is 3.16. The molecule has 7 atom stereocenters. The first-order valence-electron chi connectivity index (χ1n) is 17.8. The monoisotopic (exact) mass is 696 g/mol. The van der Waals surface area contributed by atoms with Crippen LogP contribution in [0.25, 0.3) is 0 Å². The van der Waals surface area contributed by atoms with Crippen molar-refractivity contribution in [2.45, 2.75) is 111 Å². The van der Waals surface area contributed by atoms with E-state index in [-0.39, 0.29) is 60.7 Å². The number of hydrogen-bond acceptors (Lipinski definition) is 8. The van der Waals surface area contributed by atoms with Gasteiger partial charge in [-0.25, -0.2) is 4.79 Å². The lowest BCUT2D eigenvalue weighted by Crippen LogP contribution is -2.58. The second-order valence-corrected chi connectivity index (χ2v) is 15.5. The van der Waals surface area contributed by atoms with Crippen molar-refractivity contribution in [2.75, 3.05) is 20.6 Å². The summed E-state index contributed by atoms with van der Waals surface area (Å²) in [5.41, 5.74) is -0.0937. The SMILES string of the molecule is CCCC(CC(=O)[C@@H]1[C@H]2C[C@H]2CN1C(=O)[C@@H](NC(=O)O[C@H](C)C(C)C)C(C)(C)C)C(=O)C(=O)CCC(=O)N[C@H](C(=O)N(C)C)c1ccccc1. The number of Topliss-reactive ketones (excluding diaryl/α,β-unsaturated/α-hetero) is 3. The standard InChI is InChI=1S/C38H56N4O8/c1-10-14-25(33(46)28(43)17-18-30(45)39-31(35(47)41(8)9)24-15-12-11-13-16-24)20-29(44)32-27-19-26(27)21-42(32)36(48)34(38(5,6)7)40-37(49)50-23(4)22(2)3/h11-13,15-16,22-23,25-27,31-32,34H,10,14,17-21H2,1-9H3,(H,39,45)(H,40,49)/t23-,25?,26+,27+,31+,32+,34-/m1/s1. The van der Waals surface area contributed by atoms with Gasteiger partial charge >= 0.3 is 6.09 Å². The van der Waals surface area contributed by atoms with E-state index < -0.39 is 53.0 Å². The van der Waals surface area contributed by atoms with Crippen molar-refractivity contribution in [3.8, 4) is 0 Å². The van der Waals surface area contributed by atoms with E-state index in [0.717, 1.165) is 6.42 Å². The number of carbonyl (C=O) groups excluding carboxylic acids is 7. The molecule has 2 N–H and O–H groups in total. The minimum atomic E-state index is -0.947. The van der Waals surface area contributed by atoms with Gasteiger partial charge in [-0.05, 0) is 48.5 Å². The molecule has 1 aliphatic carbocycles. The topological polar surface area (TPSA) is 159 Å². The first-order valence-corrected chi connectivity index (χ1v) is 17.8. The molecule has 2 aliphatic rings. The fraction of sp³-hybridized carbons (Fsp3) is 0.658. The summed E-state index contributed by atoms with van der Waals surface area (Å²) < 4.78 is 5.48. The maximum absolute atomic E-state index is 14.0. The van der Waals surface area contributed by atoms with E-state index in [1.165, 1.54) is 4.90 Å². The molecule has 1 aromatic carbocycles. The van der Waals surface area contributed by atoms with Crippen molar-refractivity contribution in [1.82, 2.24) is 20.4 Å². The zero-order valence-electron chi connectivity index (χ0n) is 31.1. The number of rotatable bonds is 17. The van der Waals surface area contributed by atoms with Crippen LogP contribution in [0.4, 0.5) is 4.79 Å². The zero-order chi connectivity index (χ0) is 37.5. The Bertz CT molecular complexity index is 1420. The van der Waals surface area contributed by atoms with Crippen molar-refractivity contribution in [3.05, 3.63) is 35.9 Å². The van der Waals surface area contributed by atoms with Gasteiger partial charge in [-0.15, -0.1) is 0 Å². The van der Waals surface area contributed by atoms with Gasteiger partial charge in [-0.2, -0.15) is 0 Å². The number of piperidine rings is 1. The van der Waals surface area contributed by atoms with E-state index in [9.17, 15) is 33.6 Å². The Kier molecular flexibility index (Phi) is 13.9. The Hall–Kier alpha value is -4.09. The van der Waals surface area contributed by atoms with Crippen molar-refractivity contribution in [3.63, 3.8) is 0 Å². The molecule has 12 nitrogen and oxygen atoms in total. The molecule has 4 amide bonds. The molecule has 276 valence electrons. The highest BCUT2D eigenvalue weighted by Gasteiger charge is 2.58. The van der Waals surface area contributed by atoms with Crippen molar-refractivity contribution >= 4 is 41.2 Å². The van der Waals surface area contributed by atoms with Gasteiger partial charge in [0.2, 0.25) is 23.5 Å². The Labute approximate surface area is 296 Å². The number of likely N-dealkylation sites (tertiary alicyclic amines) is 1. The quantitative estimate of drug-likeness (QED) is 0.229. The Morgan fingerprint density at radius 1 is 0.960 bits per heavy atom. The molecule has 0 bridgehead atoms. The van der Waals surface area contributed by atoms with Crippen LogP contribution in [0, 0.1) is 29.1 Å². The van der Waals surface area contributed by atoms with Gasteiger partial charge in [0.1, 0.15) is 18.2 Å². The van der Waals surface area contributed by atoms with Gasteiger partial charge in [-0.1, -0.05) is 78.3 Å². The van der Waals surface area contributed by atoms with Crippen molar-refractivity contribution < 1.29 is 38.3 Å². The molecule has 50 heavy (non-hydrogen) atoms. The predicted octanol–water partition coefficient (Wildman–Crippen LogP) is 4.26. The molecule has 12 heteroatoms. The van der Waals surface area contributed by atoms with Crippen molar-refractivity contribution in [1.29, 1.82) is 0 Å². The van der Waals surface area contributed by atoms with Crippen LogP contribution in [0.15, 0.2) is 30.3 Å². The van der Waals surface area contributed by atoms with Crippen LogP contribution in [-0.2, 0) is 33.5 Å². The molecule has 1 aliphatic heterocycles. The summed E-state index contributed by atoms with van der Waals surface area (Å²) in [6.45, 7) is 13.4. The average Bonchev–Trinajstić information content (AvgIpc) is 3.71. The van der Waals surface area contributed by atoms with Crippen LogP contribution in [-0.4, -0.2) is 89.8 Å². The molecule has 1 saturated carbocycles. The number of amides is 4. The largest absolute Gasteiger partial charge is 0.446 e. The molecule has 0 spiro atoms. The number of benzene rings is 1. The second kappa shape index (κ2) is 17.2. The minimum absolute atomic E-state index is 0.0285. The van der Waals surface area contributed by atoms with Gasteiger partial charge in [0.05, 0.1) is 6.04 Å². The molecule has 0 aromatic heterocycles. The zero-order valence-corrected chi connectivity index (χ0v) is 31.1. The van der Waals surface area contributed by atoms with Crippen LogP contribution in [0.2, 0.25) is 0 Å². The molecule has 1 heterocycles. The fourth-order valence-corrected chi connectivity index (χ4v) is 6.42. The molecule has 2 fully saturated rings. The molecule has 1 saturated heterocycles. The number of nitrogens with zero attached hydrogens (tertiary/aromatic N) is 2. The smallest absolute Gasteiger partial charge is 0.408 e. The Morgan fingerprint density at radius 2 is 1.60 bits per heavy atom. The van der Waals surface area contributed by atoms with E-state index in [1.807, 2.05) is 41.5 Å². The number of hydrogen-bond donors (Lipinski definition) is 2. The van der Waals surface area contributed by atoms with E-state index in [2.05, 4.69) is 10.6 Å². The van der Waals surface area contributed by atoms with E-state index >= 15 is 0 Å². The van der Waals surface area contributed by atoms with Gasteiger partial charge in [0.25, 0.3) is 0 Å². The molecule has 1 aromatic rings. The predicted molar refractivity (Wildman–Crippen MR) is 188 cm³/mol. The summed E-state index contributed by atoms with van der Waals surface area (Å²) in [5, 5.41) is 5.43. The maximum atomic E-state index is 14.0. The van der Waals surface area contributed by atoms with Gasteiger partial charge in [-0.3, -0.25) is 28.8 Å². The normalized spacial score (nSPS) is 20.5. The number of likely N-dealkylation sites (N-methyl/N-ethyl adjacent to an activating group) is 1. The number of alkyl carbamates (subject to hydrolysis) is 1. The Balaban J connectivity index is 1.67. The average molecular weight is 697 g/mol. The maximum Gasteiger partial charge on any atom is 0.408 e. The van der Waals surface area contributed by atoms with Crippen LogP contribution >= 0.6 is 0 Å². The summed E-state index contributed by atoms with van der Waals surface area (Å²) in [5.74, 6) is -3.66. The fourth-order valence-electron chi connectivity index (χ4n) is 6.42. The minimum Gasteiger partial charge on any atom is -0.446 e. The van der Waals surface area contributed by atoms with Crippen LogP contribution in [0.3, 0.4) is 0 Å². The van der Waals surface area contributed by atoms with E-state index in [0.29, 0.717) is 24.9 Å². The van der Waals surface area contributed by atoms with Crippen LogP contribution in [0.5, 0.6) is 0 Å². The first kappa shape index (κ1) is 40.3. The van der Waals surface area contributed by atoms with E-state index in [4.69, 9.17) is 4.74 Å². The summed E-state index contributed by atoms with van der Waals surface area (Å²) in [4.78, 5) is 95.7. The molecule has 3 rings (SSSR count). The number of fused-ring (bicyclic) bond motifs is 1. The highest BCUT2D eigenvalue weighted by atomic mass is 16.6. The summed E-state index contributed by atoms with van der Waals surface area (Å²) >= 11 is 0. The van der Waals surface area contributed by atoms with Gasteiger partial charge < -0.3 is 25.2 Å². The lowest BCUT2D eigenvalue weighted by atomic mass is 9.84.